The Morgan fingerprint density at radius 1 is 1.50 bits per heavy atom. The molecule has 0 spiro atoms. The number of carbonyl (C=O) groups excluding carboxylic acids is 1. The maximum Gasteiger partial charge on any atom is 0.274 e. The van der Waals surface area contributed by atoms with Crippen molar-refractivity contribution in [3.05, 3.63) is 29.3 Å². The van der Waals surface area contributed by atoms with Gasteiger partial charge in [0, 0.05) is 20.2 Å². The number of hydrogen-bond donors (Lipinski definition) is 1. The van der Waals surface area contributed by atoms with Gasteiger partial charge in [-0.05, 0) is 30.4 Å². The number of amides is 1. The lowest BCUT2D eigenvalue weighted by Gasteiger charge is -2.30. The molecule has 1 aliphatic heterocycles. The van der Waals surface area contributed by atoms with Crippen molar-refractivity contribution in [2.24, 2.45) is 0 Å². The molecule has 2 aromatic rings. The number of aromatic amines is 1. The Bertz CT molecular complexity index is 571. The standard InChI is InChI=1S/C14H17N3O2S/c1-19-10-4-6-17(7-5-10)14(18)12-9-11(15-16-12)13-3-2-8-20-13/h2-3,8-10H,4-7H2,1H3,(H,15,16). The summed E-state index contributed by atoms with van der Waals surface area (Å²) in [6.07, 6.45) is 2.06. The third-order valence-electron chi connectivity index (χ3n) is 3.65. The summed E-state index contributed by atoms with van der Waals surface area (Å²) in [5.74, 6) is -0.00129. The summed E-state index contributed by atoms with van der Waals surface area (Å²) in [6.45, 7) is 1.47. The van der Waals surface area contributed by atoms with E-state index >= 15 is 0 Å². The van der Waals surface area contributed by atoms with Gasteiger partial charge in [-0.3, -0.25) is 9.89 Å². The number of nitrogens with one attached hydrogen (secondary N) is 1. The second-order valence-electron chi connectivity index (χ2n) is 4.87. The molecule has 0 aromatic carbocycles. The molecule has 1 amide bonds. The van der Waals surface area contributed by atoms with E-state index in [4.69, 9.17) is 4.74 Å². The van der Waals surface area contributed by atoms with Crippen molar-refractivity contribution < 1.29 is 9.53 Å². The van der Waals surface area contributed by atoms with Crippen LogP contribution in [0.15, 0.2) is 23.6 Å². The highest BCUT2D eigenvalue weighted by Gasteiger charge is 2.25. The molecule has 1 N–H and O–H groups in total. The Kier molecular flexibility index (Phi) is 3.84. The van der Waals surface area contributed by atoms with Crippen LogP contribution in [0.2, 0.25) is 0 Å². The molecule has 0 bridgehead atoms. The summed E-state index contributed by atoms with van der Waals surface area (Å²) >= 11 is 1.63. The highest BCUT2D eigenvalue weighted by atomic mass is 32.1. The summed E-state index contributed by atoms with van der Waals surface area (Å²) in [5.41, 5.74) is 1.39. The van der Waals surface area contributed by atoms with Crippen molar-refractivity contribution in [1.29, 1.82) is 0 Å². The molecule has 2 aromatic heterocycles. The van der Waals surface area contributed by atoms with Gasteiger partial charge in [0.05, 0.1) is 16.7 Å². The molecule has 1 fully saturated rings. The summed E-state index contributed by atoms with van der Waals surface area (Å²) < 4.78 is 5.32. The lowest BCUT2D eigenvalue weighted by atomic mass is 10.1. The smallest absolute Gasteiger partial charge is 0.274 e. The fourth-order valence-corrected chi connectivity index (χ4v) is 3.14. The number of nitrogens with zero attached hydrogens (tertiary/aromatic N) is 2. The number of piperidine rings is 1. The predicted octanol–water partition coefficient (Wildman–Crippen LogP) is 2.39. The average Bonchev–Trinajstić information content (AvgIpc) is 3.17. The van der Waals surface area contributed by atoms with Crippen LogP contribution >= 0.6 is 11.3 Å². The largest absolute Gasteiger partial charge is 0.381 e. The monoisotopic (exact) mass is 291 g/mol. The van der Waals surface area contributed by atoms with E-state index in [2.05, 4.69) is 10.2 Å². The second kappa shape index (κ2) is 5.76. The Morgan fingerprint density at radius 2 is 2.30 bits per heavy atom. The molecule has 1 saturated heterocycles. The van der Waals surface area contributed by atoms with E-state index < -0.39 is 0 Å². The number of ether oxygens (including phenoxy) is 1. The number of hydrogen-bond acceptors (Lipinski definition) is 4. The third-order valence-corrected chi connectivity index (χ3v) is 4.55. The first-order valence-corrected chi connectivity index (χ1v) is 7.57. The molecule has 3 heterocycles. The van der Waals surface area contributed by atoms with Crippen LogP contribution in [0.25, 0.3) is 10.6 Å². The fourth-order valence-electron chi connectivity index (χ4n) is 2.45. The van der Waals surface area contributed by atoms with E-state index in [1.165, 1.54) is 0 Å². The molecule has 0 unspecified atom stereocenters. The van der Waals surface area contributed by atoms with Crippen LogP contribution in [-0.2, 0) is 4.74 Å². The van der Waals surface area contributed by atoms with Crippen molar-refractivity contribution in [1.82, 2.24) is 15.1 Å². The second-order valence-corrected chi connectivity index (χ2v) is 5.82. The topological polar surface area (TPSA) is 58.2 Å². The number of methoxy groups -OCH3 is 1. The first kappa shape index (κ1) is 13.3. The van der Waals surface area contributed by atoms with Gasteiger partial charge >= 0.3 is 0 Å². The lowest BCUT2D eigenvalue weighted by molar-refractivity contribution is 0.0347. The minimum absolute atomic E-state index is 0.00129. The maximum atomic E-state index is 12.4. The van der Waals surface area contributed by atoms with Crippen LogP contribution in [0.1, 0.15) is 23.3 Å². The van der Waals surface area contributed by atoms with Gasteiger partial charge in [0.15, 0.2) is 5.69 Å². The summed E-state index contributed by atoms with van der Waals surface area (Å²) in [6, 6.07) is 5.82. The van der Waals surface area contributed by atoms with E-state index in [1.54, 1.807) is 18.4 Å². The van der Waals surface area contributed by atoms with Crippen LogP contribution in [0, 0.1) is 0 Å². The molecule has 0 aliphatic carbocycles. The molecule has 0 radical (unpaired) electrons. The minimum atomic E-state index is -0.00129. The zero-order valence-electron chi connectivity index (χ0n) is 11.3. The molecule has 3 rings (SSSR count). The van der Waals surface area contributed by atoms with Gasteiger partial charge < -0.3 is 9.64 Å². The molecule has 1 aliphatic rings. The number of likely N-dealkylation sites (tertiary alicyclic amines) is 1. The number of thiophene rings is 1. The Morgan fingerprint density at radius 3 is 2.95 bits per heavy atom. The van der Waals surface area contributed by atoms with E-state index in [0.29, 0.717) is 5.69 Å². The normalized spacial score (nSPS) is 16.6. The Balaban J connectivity index is 1.69. The van der Waals surface area contributed by atoms with Crippen molar-refractivity contribution in [2.75, 3.05) is 20.2 Å². The summed E-state index contributed by atoms with van der Waals surface area (Å²) in [4.78, 5) is 15.3. The van der Waals surface area contributed by atoms with Gasteiger partial charge in [0.2, 0.25) is 0 Å². The third kappa shape index (κ3) is 2.62. The van der Waals surface area contributed by atoms with Crippen molar-refractivity contribution in [2.45, 2.75) is 18.9 Å². The highest BCUT2D eigenvalue weighted by molar-refractivity contribution is 7.13. The molecule has 5 nitrogen and oxygen atoms in total. The van der Waals surface area contributed by atoms with Gasteiger partial charge in [0.1, 0.15) is 0 Å². The van der Waals surface area contributed by atoms with Gasteiger partial charge in [-0.2, -0.15) is 5.10 Å². The van der Waals surface area contributed by atoms with Crippen LogP contribution in [0.3, 0.4) is 0 Å². The first-order valence-electron chi connectivity index (χ1n) is 6.69. The summed E-state index contributed by atoms with van der Waals surface area (Å²) in [7, 11) is 1.73. The predicted molar refractivity (Wildman–Crippen MR) is 77.8 cm³/mol. The number of carbonyl (C=O) groups is 1. The molecular weight excluding hydrogens is 274 g/mol. The highest BCUT2D eigenvalue weighted by Crippen LogP contribution is 2.24. The van der Waals surface area contributed by atoms with Crippen molar-refractivity contribution >= 4 is 17.2 Å². The maximum absolute atomic E-state index is 12.4. The van der Waals surface area contributed by atoms with Gasteiger partial charge in [-0.1, -0.05) is 6.07 Å². The molecule has 20 heavy (non-hydrogen) atoms. The number of H-pyrrole nitrogens is 1. The van der Waals surface area contributed by atoms with Crippen LogP contribution in [-0.4, -0.2) is 47.3 Å². The number of rotatable bonds is 3. The van der Waals surface area contributed by atoms with Gasteiger partial charge in [-0.25, -0.2) is 0 Å². The van der Waals surface area contributed by atoms with E-state index in [-0.39, 0.29) is 12.0 Å². The average molecular weight is 291 g/mol. The fraction of sp³-hybridized carbons (Fsp3) is 0.429. The molecule has 0 saturated carbocycles. The van der Waals surface area contributed by atoms with E-state index in [0.717, 1.165) is 36.5 Å². The van der Waals surface area contributed by atoms with Crippen LogP contribution < -0.4 is 0 Å². The zero-order valence-corrected chi connectivity index (χ0v) is 12.2. The lowest BCUT2D eigenvalue weighted by Crippen LogP contribution is -2.40. The van der Waals surface area contributed by atoms with E-state index in [1.807, 2.05) is 28.5 Å². The Labute approximate surface area is 121 Å². The molecule has 6 heteroatoms. The molecule has 106 valence electrons. The van der Waals surface area contributed by atoms with Crippen LogP contribution in [0.4, 0.5) is 0 Å². The summed E-state index contributed by atoms with van der Waals surface area (Å²) in [5, 5.41) is 9.09. The molecular formula is C14H17N3O2S. The first-order chi connectivity index (χ1) is 9.78. The molecule has 0 atom stereocenters. The number of aromatic nitrogens is 2. The van der Waals surface area contributed by atoms with Crippen molar-refractivity contribution in [3.63, 3.8) is 0 Å². The zero-order chi connectivity index (χ0) is 13.9. The van der Waals surface area contributed by atoms with Gasteiger partial charge in [0.25, 0.3) is 5.91 Å². The van der Waals surface area contributed by atoms with E-state index in [9.17, 15) is 4.79 Å². The van der Waals surface area contributed by atoms with Crippen molar-refractivity contribution in [3.8, 4) is 10.6 Å². The van der Waals surface area contributed by atoms with Crippen LogP contribution in [0.5, 0.6) is 0 Å². The Hall–Kier alpha value is -1.66. The minimum Gasteiger partial charge on any atom is -0.381 e. The quantitative estimate of drug-likeness (QED) is 0.944. The van der Waals surface area contributed by atoms with Gasteiger partial charge in [-0.15, -0.1) is 11.3 Å². The SMILES string of the molecule is COC1CCN(C(=O)c2cc(-c3cccs3)[nH]n2)CC1.